The number of aryl methyl sites for hydroxylation is 1. The topological polar surface area (TPSA) is 35.2 Å². The third-order valence-electron chi connectivity index (χ3n) is 3.37. The lowest BCUT2D eigenvalue weighted by molar-refractivity contribution is 0.334. The molecule has 106 valence electrons. The van der Waals surface area contributed by atoms with Crippen molar-refractivity contribution < 1.29 is 9.13 Å². The number of hydrogen-bond acceptors (Lipinski definition) is 2. The Hall–Kier alpha value is -1.87. The summed E-state index contributed by atoms with van der Waals surface area (Å²) in [6.07, 6.45) is 0.591. The summed E-state index contributed by atoms with van der Waals surface area (Å²) in [5.41, 5.74) is 9.22. The zero-order valence-electron chi connectivity index (χ0n) is 11.9. The molecule has 2 nitrogen and oxygen atoms in total. The van der Waals surface area contributed by atoms with E-state index in [2.05, 4.69) is 0 Å². The van der Waals surface area contributed by atoms with Gasteiger partial charge in [-0.05, 0) is 49.6 Å². The Bertz CT molecular complexity index is 583. The summed E-state index contributed by atoms with van der Waals surface area (Å²) in [7, 11) is 0. The smallest absolute Gasteiger partial charge is 0.124 e. The van der Waals surface area contributed by atoms with E-state index in [0.29, 0.717) is 13.0 Å². The van der Waals surface area contributed by atoms with Crippen molar-refractivity contribution in [2.75, 3.05) is 6.61 Å². The van der Waals surface area contributed by atoms with Gasteiger partial charge in [0.25, 0.3) is 0 Å². The number of ether oxygens (including phenoxy) is 1. The molecule has 1 atom stereocenters. The van der Waals surface area contributed by atoms with E-state index in [4.69, 9.17) is 10.5 Å². The summed E-state index contributed by atoms with van der Waals surface area (Å²) >= 11 is 0. The largest absolute Gasteiger partial charge is 0.494 e. The summed E-state index contributed by atoms with van der Waals surface area (Å²) in [5, 5.41) is 0. The first-order valence-electron chi connectivity index (χ1n) is 6.84. The van der Waals surface area contributed by atoms with E-state index in [1.165, 1.54) is 6.07 Å². The van der Waals surface area contributed by atoms with Crippen LogP contribution in [0.3, 0.4) is 0 Å². The Balaban J connectivity index is 2.23. The van der Waals surface area contributed by atoms with Crippen molar-refractivity contribution in [3.05, 3.63) is 65.0 Å². The molecule has 0 spiro atoms. The van der Waals surface area contributed by atoms with E-state index < -0.39 is 0 Å². The van der Waals surface area contributed by atoms with Gasteiger partial charge in [0.2, 0.25) is 0 Å². The molecule has 3 heteroatoms. The monoisotopic (exact) mass is 273 g/mol. The quantitative estimate of drug-likeness (QED) is 0.900. The molecule has 0 saturated carbocycles. The van der Waals surface area contributed by atoms with Crippen LogP contribution in [0.1, 0.15) is 29.7 Å². The van der Waals surface area contributed by atoms with E-state index in [0.717, 1.165) is 22.4 Å². The molecule has 0 aromatic heterocycles. The Morgan fingerprint density at radius 3 is 2.70 bits per heavy atom. The lowest BCUT2D eigenvalue weighted by atomic mass is 9.96. The molecule has 0 bridgehead atoms. The van der Waals surface area contributed by atoms with Crippen molar-refractivity contribution in [2.24, 2.45) is 5.73 Å². The lowest BCUT2D eigenvalue weighted by Crippen LogP contribution is -2.15. The summed E-state index contributed by atoms with van der Waals surface area (Å²) in [5.74, 6) is 0.576. The molecule has 0 aliphatic heterocycles. The molecule has 0 aliphatic carbocycles. The van der Waals surface area contributed by atoms with E-state index in [1.54, 1.807) is 12.1 Å². The molecule has 0 fully saturated rings. The SMILES string of the molecule is CCOc1ccccc1C(N)Cc1cc(F)ccc1C. The first-order valence-corrected chi connectivity index (χ1v) is 6.84. The standard InChI is InChI=1S/C17H20FNO/c1-3-20-17-7-5-4-6-15(17)16(19)11-13-10-14(18)9-8-12(13)2/h4-10,16H,3,11,19H2,1-2H3. The van der Waals surface area contributed by atoms with Crippen LogP contribution < -0.4 is 10.5 Å². The molecular weight excluding hydrogens is 253 g/mol. The Morgan fingerprint density at radius 2 is 1.95 bits per heavy atom. The molecule has 1 unspecified atom stereocenters. The van der Waals surface area contributed by atoms with Gasteiger partial charge in [0.1, 0.15) is 11.6 Å². The Morgan fingerprint density at radius 1 is 1.20 bits per heavy atom. The molecular formula is C17H20FNO. The maximum atomic E-state index is 13.3. The summed E-state index contributed by atoms with van der Waals surface area (Å²) in [6, 6.07) is 12.3. The molecule has 0 aliphatic rings. The van der Waals surface area contributed by atoms with Gasteiger partial charge in [0, 0.05) is 11.6 Å². The molecule has 2 rings (SSSR count). The molecule has 2 aromatic rings. The highest BCUT2D eigenvalue weighted by Crippen LogP contribution is 2.27. The highest BCUT2D eigenvalue weighted by molar-refractivity contribution is 5.37. The number of hydrogen-bond donors (Lipinski definition) is 1. The van der Waals surface area contributed by atoms with Crippen LogP contribution >= 0.6 is 0 Å². The van der Waals surface area contributed by atoms with Gasteiger partial charge in [-0.2, -0.15) is 0 Å². The second kappa shape index (κ2) is 6.53. The summed E-state index contributed by atoms with van der Waals surface area (Å²) in [4.78, 5) is 0. The third kappa shape index (κ3) is 3.36. The fourth-order valence-corrected chi connectivity index (χ4v) is 2.28. The number of rotatable bonds is 5. The molecule has 2 aromatic carbocycles. The van der Waals surface area contributed by atoms with E-state index in [-0.39, 0.29) is 11.9 Å². The maximum Gasteiger partial charge on any atom is 0.124 e. The van der Waals surface area contributed by atoms with Crippen molar-refractivity contribution >= 4 is 0 Å². The van der Waals surface area contributed by atoms with Crippen molar-refractivity contribution in [3.8, 4) is 5.75 Å². The minimum atomic E-state index is -0.226. The fourth-order valence-electron chi connectivity index (χ4n) is 2.28. The molecule has 0 amide bonds. The lowest BCUT2D eigenvalue weighted by Gasteiger charge is -2.17. The van der Waals surface area contributed by atoms with Gasteiger partial charge < -0.3 is 10.5 Å². The van der Waals surface area contributed by atoms with Gasteiger partial charge in [-0.15, -0.1) is 0 Å². The van der Waals surface area contributed by atoms with Crippen molar-refractivity contribution in [1.82, 2.24) is 0 Å². The average Bonchev–Trinajstić information content (AvgIpc) is 2.44. The number of benzene rings is 2. The minimum absolute atomic E-state index is 0.210. The molecule has 0 heterocycles. The molecule has 0 radical (unpaired) electrons. The second-order valence-corrected chi connectivity index (χ2v) is 4.85. The van der Waals surface area contributed by atoms with Crippen molar-refractivity contribution in [2.45, 2.75) is 26.3 Å². The highest BCUT2D eigenvalue weighted by Gasteiger charge is 2.13. The van der Waals surface area contributed by atoms with Gasteiger partial charge in [-0.1, -0.05) is 24.3 Å². The van der Waals surface area contributed by atoms with E-state index in [1.807, 2.05) is 38.1 Å². The van der Waals surface area contributed by atoms with E-state index in [9.17, 15) is 4.39 Å². The Kier molecular flexibility index (Phi) is 4.74. The maximum absolute atomic E-state index is 13.3. The van der Waals surface area contributed by atoms with Crippen LogP contribution in [0, 0.1) is 12.7 Å². The zero-order chi connectivity index (χ0) is 14.5. The van der Waals surface area contributed by atoms with Crippen molar-refractivity contribution in [3.63, 3.8) is 0 Å². The minimum Gasteiger partial charge on any atom is -0.494 e. The normalized spacial score (nSPS) is 12.2. The molecule has 20 heavy (non-hydrogen) atoms. The van der Waals surface area contributed by atoms with Gasteiger partial charge in [-0.25, -0.2) is 4.39 Å². The van der Waals surface area contributed by atoms with Gasteiger partial charge >= 0.3 is 0 Å². The van der Waals surface area contributed by atoms with Crippen LogP contribution in [-0.4, -0.2) is 6.61 Å². The Labute approximate surface area is 119 Å². The fraction of sp³-hybridized carbons (Fsp3) is 0.294. The number of nitrogens with two attached hydrogens (primary N) is 1. The summed E-state index contributed by atoms with van der Waals surface area (Å²) < 4.78 is 18.9. The highest BCUT2D eigenvalue weighted by atomic mass is 19.1. The first kappa shape index (κ1) is 14.5. The van der Waals surface area contributed by atoms with Crippen LogP contribution in [0.5, 0.6) is 5.75 Å². The van der Waals surface area contributed by atoms with Crippen LogP contribution in [0.15, 0.2) is 42.5 Å². The van der Waals surface area contributed by atoms with Crippen LogP contribution in [-0.2, 0) is 6.42 Å². The third-order valence-corrected chi connectivity index (χ3v) is 3.37. The van der Waals surface area contributed by atoms with Crippen molar-refractivity contribution in [1.29, 1.82) is 0 Å². The number of halogens is 1. The zero-order valence-corrected chi connectivity index (χ0v) is 11.9. The molecule has 0 saturated heterocycles. The molecule has 2 N–H and O–H groups in total. The van der Waals surface area contributed by atoms with E-state index >= 15 is 0 Å². The van der Waals surface area contributed by atoms with Crippen LogP contribution in [0.25, 0.3) is 0 Å². The van der Waals surface area contributed by atoms with Crippen LogP contribution in [0.2, 0.25) is 0 Å². The predicted octanol–water partition coefficient (Wildman–Crippen LogP) is 3.78. The second-order valence-electron chi connectivity index (χ2n) is 4.85. The first-order chi connectivity index (χ1) is 9.61. The summed E-state index contributed by atoms with van der Waals surface area (Å²) in [6.45, 7) is 4.51. The predicted molar refractivity (Wildman–Crippen MR) is 79.4 cm³/mol. The van der Waals surface area contributed by atoms with Crippen LogP contribution in [0.4, 0.5) is 4.39 Å². The van der Waals surface area contributed by atoms with Gasteiger partial charge in [0.15, 0.2) is 0 Å². The van der Waals surface area contributed by atoms with Gasteiger partial charge in [-0.3, -0.25) is 0 Å². The number of para-hydroxylation sites is 1. The van der Waals surface area contributed by atoms with Gasteiger partial charge in [0.05, 0.1) is 6.61 Å². The average molecular weight is 273 g/mol.